The van der Waals surface area contributed by atoms with Gasteiger partial charge in [0.25, 0.3) is 0 Å². The maximum Gasteiger partial charge on any atom is 0.205 e. The predicted octanol–water partition coefficient (Wildman–Crippen LogP) is 4.74. The minimum atomic E-state index is 1.20. The van der Waals surface area contributed by atoms with Crippen molar-refractivity contribution >= 4 is 11.6 Å². The fourth-order valence-electron chi connectivity index (χ4n) is 2.55. The average Bonchev–Trinajstić information content (AvgIpc) is 2.58. The number of allylic oxidation sites excluding steroid dienone is 1. The molecule has 0 spiro atoms. The van der Waals surface area contributed by atoms with Crippen LogP contribution in [0.15, 0.2) is 79.0 Å². The van der Waals surface area contributed by atoms with Gasteiger partial charge in [0, 0.05) is 18.2 Å². The van der Waals surface area contributed by atoms with Gasteiger partial charge in [0.1, 0.15) is 7.05 Å². The number of nitrogens with zero attached hydrogens (tertiary/aromatic N) is 1. The van der Waals surface area contributed by atoms with Crippen LogP contribution in [0.25, 0.3) is 22.8 Å². The van der Waals surface area contributed by atoms with Crippen molar-refractivity contribution in [2.75, 3.05) is 0 Å². The van der Waals surface area contributed by atoms with Gasteiger partial charge in [-0.3, -0.25) is 0 Å². The van der Waals surface area contributed by atoms with E-state index in [2.05, 4.69) is 91.5 Å². The monoisotopic (exact) mass is 286 g/mol. The van der Waals surface area contributed by atoms with Crippen LogP contribution in [0.1, 0.15) is 18.2 Å². The van der Waals surface area contributed by atoms with Crippen molar-refractivity contribution in [3.05, 3.63) is 90.3 Å². The van der Waals surface area contributed by atoms with Gasteiger partial charge in [-0.2, -0.15) is 0 Å². The van der Waals surface area contributed by atoms with E-state index >= 15 is 0 Å². The molecule has 22 heavy (non-hydrogen) atoms. The molecule has 1 heterocycles. The highest BCUT2D eigenvalue weighted by Crippen LogP contribution is 2.21. The van der Waals surface area contributed by atoms with Crippen LogP contribution in [0.3, 0.4) is 0 Å². The molecule has 0 N–H and O–H groups in total. The maximum absolute atomic E-state index is 2.24. The summed E-state index contributed by atoms with van der Waals surface area (Å²) in [5, 5.41) is 0. The van der Waals surface area contributed by atoms with Crippen LogP contribution < -0.4 is 4.57 Å². The van der Waals surface area contributed by atoms with E-state index in [1.165, 1.54) is 28.0 Å². The lowest BCUT2D eigenvalue weighted by molar-refractivity contribution is -0.673. The highest BCUT2D eigenvalue weighted by atomic mass is 14.9. The van der Waals surface area contributed by atoms with Crippen molar-refractivity contribution in [2.45, 2.75) is 6.92 Å². The Labute approximate surface area is 132 Å². The third kappa shape index (κ3) is 3.15. The predicted molar refractivity (Wildman–Crippen MR) is 93.0 cm³/mol. The zero-order chi connectivity index (χ0) is 15.4. The van der Waals surface area contributed by atoms with Crippen LogP contribution in [0.5, 0.6) is 0 Å². The van der Waals surface area contributed by atoms with Gasteiger partial charge in [-0.05, 0) is 29.2 Å². The Morgan fingerprint density at radius 1 is 0.818 bits per heavy atom. The average molecular weight is 286 g/mol. The molecular formula is C21H20N+. The van der Waals surface area contributed by atoms with E-state index in [1.54, 1.807) is 0 Å². The van der Waals surface area contributed by atoms with Crippen molar-refractivity contribution in [1.29, 1.82) is 0 Å². The van der Waals surface area contributed by atoms with E-state index in [4.69, 9.17) is 0 Å². The SMILES string of the molecule is CC(=Cc1cc(-c2ccccc2)cc[n+]1C)c1ccccc1. The normalized spacial score (nSPS) is 11.5. The van der Waals surface area contributed by atoms with Crippen molar-refractivity contribution in [3.63, 3.8) is 0 Å². The summed E-state index contributed by atoms with van der Waals surface area (Å²) in [4.78, 5) is 0. The van der Waals surface area contributed by atoms with Crippen LogP contribution in [0.2, 0.25) is 0 Å². The number of pyridine rings is 1. The molecule has 108 valence electrons. The highest BCUT2D eigenvalue weighted by molar-refractivity contribution is 5.79. The van der Waals surface area contributed by atoms with Gasteiger partial charge >= 0.3 is 0 Å². The fraction of sp³-hybridized carbons (Fsp3) is 0.0952. The van der Waals surface area contributed by atoms with Crippen molar-refractivity contribution in [3.8, 4) is 11.1 Å². The molecule has 0 saturated carbocycles. The molecule has 0 aliphatic carbocycles. The Morgan fingerprint density at radius 3 is 2.14 bits per heavy atom. The minimum absolute atomic E-state index is 1.20. The zero-order valence-corrected chi connectivity index (χ0v) is 13.0. The van der Waals surface area contributed by atoms with Gasteiger partial charge in [0.2, 0.25) is 5.69 Å². The van der Waals surface area contributed by atoms with E-state index in [9.17, 15) is 0 Å². The summed E-state index contributed by atoms with van der Waals surface area (Å²) in [6.45, 7) is 2.16. The van der Waals surface area contributed by atoms with Gasteiger partial charge in [-0.25, -0.2) is 4.57 Å². The highest BCUT2D eigenvalue weighted by Gasteiger charge is 2.07. The third-order valence-corrected chi connectivity index (χ3v) is 3.89. The van der Waals surface area contributed by atoms with Crippen molar-refractivity contribution < 1.29 is 4.57 Å². The molecule has 1 heteroatoms. The summed E-state index contributed by atoms with van der Waals surface area (Å²) < 4.78 is 2.15. The number of aryl methyl sites for hydroxylation is 1. The van der Waals surface area contributed by atoms with Crippen LogP contribution in [-0.4, -0.2) is 0 Å². The first-order valence-electron chi connectivity index (χ1n) is 7.53. The second-order valence-corrected chi connectivity index (χ2v) is 5.51. The summed E-state index contributed by atoms with van der Waals surface area (Å²) >= 11 is 0. The number of hydrogen-bond donors (Lipinski definition) is 0. The van der Waals surface area contributed by atoms with E-state index in [-0.39, 0.29) is 0 Å². The van der Waals surface area contributed by atoms with Crippen LogP contribution >= 0.6 is 0 Å². The van der Waals surface area contributed by atoms with Gasteiger partial charge in [-0.15, -0.1) is 0 Å². The molecule has 0 saturated heterocycles. The standard InChI is InChI=1S/C21H20N/c1-17(18-9-5-3-6-10-18)15-21-16-20(13-14-22(21)2)19-11-7-4-8-12-19/h3-16H,1-2H3/q+1. The Bertz CT molecular complexity index is 787. The van der Waals surface area contributed by atoms with E-state index in [0.29, 0.717) is 0 Å². The lowest BCUT2D eigenvalue weighted by Crippen LogP contribution is -2.31. The van der Waals surface area contributed by atoms with E-state index in [1.807, 2.05) is 12.1 Å². The fourth-order valence-corrected chi connectivity index (χ4v) is 2.55. The molecule has 0 aliphatic rings. The zero-order valence-electron chi connectivity index (χ0n) is 13.0. The van der Waals surface area contributed by atoms with Crippen molar-refractivity contribution in [1.82, 2.24) is 0 Å². The van der Waals surface area contributed by atoms with Crippen LogP contribution in [-0.2, 0) is 7.05 Å². The molecule has 0 radical (unpaired) electrons. The number of hydrogen-bond acceptors (Lipinski definition) is 0. The molecule has 3 rings (SSSR count). The Balaban J connectivity index is 2.01. The molecule has 0 unspecified atom stereocenters. The van der Waals surface area contributed by atoms with E-state index < -0.39 is 0 Å². The second-order valence-electron chi connectivity index (χ2n) is 5.51. The Morgan fingerprint density at radius 2 is 1.45 bits per heavy atom. The molecule has 0 bridgehead atoms. The second kappa shape index (κ2) is 6.40. The van der Waals surface area contributed by atoms with Gasteiger partial charge in [0.05, 0.1) is 0 Å². The van der Waals surface area contributed by atoms with Crippen LogP contribution in [0.4, 0.5) is 0 Å². The molecule has 0 amide bonds. The maximum atomic E-state index is 2.24. The Kier molecular flexibility index (Phi) is 4.15. The number of benzene rings is 2. The minimum Gasteiger partial charge on any atom is -0.201 e. The first-order chi connectivity index (χ1) is 10.7. The molecule has 0 aliphatic heterocycles. The molecule has 3 aromatic rings. The summed E-state index contributed by atoms with van der Waals surface area (Å²) in [6.07, 6.45) is 4.36. The molecule has 2 aromatic carbocycles. The summed E-state index contributed by atoms with van der Waals surface area (Å²) in [5.41, 5.74) is 6.21. The number of aromatic nitrogens is 1. The lowest BCUT2D eigenvalue weighted by atomic mass is 10.0. The van der Waals surface area contributed by atoms with Crippen LogP contribution in [0, 0.1) is 0 Å². The smallest absolute Gasteiger partial charge is 0.201 e. The van der Waals surface area contributed by atoms with Gasteiger partial charge in [-0.1, -0.05) is 60.7 Å². The Hall–Kier alpha value is -2.67. The molecule has 0 fully saturated rings. The molecular weight excluding hydrogens is 266 g/mol. The first-order valence-corrected chi connectivity index (χ1v) is 7.53. The quantitative estimate of drug-likeness (QED) is 0.612. The molecule has 1 aromatic heterocycles. The van der Waals surface area contributed by atoms with Crippen molar-refractivity contribution in [2.24, 2.45) is 7.05 Å². The first kappa shape index (κ1) is 14.3. The number of rotatable bonds is 3. The van der Waals surface area contributed by atoms with Gasteiger partial charge in [0.15, 0.2) is 6.20 Å². The largest absolute Gasteiger partial charge is 0.205 e. The molecule has 1 nitrogen and oxygen atoms in total. The summed E-state index contributed by atoms with van der Waals surface area (Å²) in [6, 6.07) is 25.4. The lowest BCUT2D eigenvalue weighted by Gasteiger charge is -2.04. The summed E-state index contributed by atoms with van der Waals surface area (Å²) in [5.74, 6) is 0. The van der Waals surface area contributed by atoms with Gasteiger partial charge < -0.3 is 0 Å². The third-order valence-electron chi connectivity index (χ3n) is 3.89. The van der Waals surface area contributed by atoms with E-state index in [0.717, 1.165) is 0 Å². The molecule has 0 atom stereocenters. The topological polar surface area (TPSA) is 3.88 Å². The summed E-state index contributed by atoms with van der Waals surface area (Å²) in [7, 11) is 2.08.